The van der Waals surface area contributed by atoms with Crippen LogP contribution in [0.5, 0.6) is 0 Å². The molecule has 7 nitrogen and oxygen atoms in total. The zero-order valence-corrected chi connectivity index (χ0v) is 21.6. The Bertz CT molecular complexity index is 1260. The molecule has 3 aromatic rings. The largest absolute Gasteiger partial charge is 0.370 e. The summed E-state index contributed by atoms with van der Waals surface area (Å²) in [5.74, 6) is 0.0936. The molecule has 2 aliphatic rings. The minimum atomic E-state index is -0.0489. The standard InChI is InChI=1S/C27H33N5O2S/c1-17-7-8-22(18(2)15-17)29-25(33)20-9-13-31(14-10-20)24-21(27(34)32-11-5-4-6-12-32)16-28-26-23(24)19(3)30-35-26/h7-8,15-16,20H,4-6,9-14H2,1-3H3,(H,29,33). The first kappa shape index (κ1) is 23.7. The highest BCUT2D eigenvalue weighted by Gasteiger charge is 2.31. The maximum atomic E-state index is 13.5. The summed E-state index contributed by atoms with van der Waals surface area (Å²) in [5, 5.41) is 4.11. The third kappa shape index (κ3) is 4.76. The SMILES string of the molecule is Cc1ccc(NC(=O)C2CCN(c3c(C(=O)N4CCCCC4)cnc4snc(C)c34)CC2)c(C)c1. The van der Waals surface area contributed by atoms with E-state index in [0.29, 0.717) is 5.56 Å². The second-order valence-electron chi connectivity index (χ2n) is 9.89. The summed E-state index contributed by atoms with van der Waals surface area (Å²) in [6.45, 7) is 9.12. The lowest BCUT2D eigenvalue weighted by Gasteiger charge is -2.35. The van der Waals surface area contributed by atoms with Gasteiger partial charge in [0.2, 0.25) is 5.91 Å². The molecule has 0 atom stereocenters. The first-order chi connectivity index (χ1) is 16.9. The predicted molar refractivity (Wildman–Crippen MR) is 141 cm³/mol. The fraction of sp³-hybridized carbons (Fsp3) is 0.481. The third-order valence-electron chi connectivity index (χ3n) is 7.34. The topological polar surface area (TPSA) is 78.4 Å². The highest BCUT2D eigenvalue weighted by atomic mass is 32.1. The number of amides is 2. The van der Waals surface area contributed by atoms with E-state index in [9.17, 15) is 9.59 Å². The molecule has 2 aromatic heterocycles. The molecule has 184 valence electrons. The molecule has 5 rings (SSSR count). The molecular formula is C27H33N5O2S. The quantitative estimate of drug-likeness (QED) is 0.550. The first-order valence-electron chi connectivity index (χ1n) is 12.6. The smallest absolute Gasteiger partial charge is 0.257 e. The zero-order chi connectivity index (χ0) is 24.5. The number of likely N-dealkylation sites (tertiary alicyclic amines) is 1. The van der Waals surface area contributed by atoms with Crippen LogP contribution in [-0.2, 0) is 4.79 Å². The Labute approximate surface area is 210 Å². The van der Waals surface area contributed by atoms with Crippen molar-refractivity contribution in [3.8, 4) is 0 Å². The molecule has 2 aliphatic heterocycles. The van der Waals surface area contributed by atoms with E-state index in [-0.39, 0.29) is 17.7 Å². The van der Waals surface area contributed by atoms with Crippen molar-refractivity contribution < 1.29 is 9.59 Å². The molecule has 1 aromatic carbocycles. The Morgan fingerprint density at radius 1 is 1.03 bits per heavy atom. The van der Waals surface area contributed by atoms with Crippen molar-refractivity contribution in [2.45, 2.75) is 52.9 Å². The van der Waals surface area contributed by atoms with E-state index in [4.69, 9.17) is 0 Å². The van der Waals surface area contributed by atoms with Crippen LogP contribution in [0.4, 0.5) is 11.4 Å². The number of aromatic nitrogens is 2. The van der Waals surface area contributed by atoms with E-state index in [0.717, 1.165) is 84.7 Å². The molecule has 2 saturated heterocycles. The van der Waals surface area contributed by atoms with Crippen molar-refractivity contribution in [1.82, 2.24) is 14.3 Å². The zero-order valence-electron chi connectivity index (χ0n) is 20.8. The van der Waals surface area contributed by atoms with Crippen LogP contribution in [-0.4, -0.2) is 52.3 Å². The van der Waals surface area contributed by atoms with Crippen LogP contribution in [0.1, 0.15) is 59.3 Å². The number of pyridine rings is 1. The van der Waals surface area contributed by atoms with Crippen LogP contribution in [0.2, 0.25) is 0 Å². The van der Waals surface area contributed by atoms with Gasteiger partial charge in [-0.3, -0.25) is 9.59 Å². The normalized spacial score (nSPS) is 17.1. The second kappa shape index (κ2) is 9.93. The maximum absolute atomic E-state index is 13.5. The maximum Gasteiger partial charge on any atom is 0.257 e. The molecule has 0 saturated carbocycles. The molecule has 35 heavy (non-hydrogen) atoms. The van der Waals surface area contributed by atoms with Gasteiger partial charge in [-0.05, 0) is 76.0 Å². The van der Waals surface area contributed by atoms with Gasteiger partial charge in [-0.15, -0.1) is 0 Å². The van der Waals surface area contributed by atoms with Gasteiger partial charge in [-0.25, -0.2) is 4.98 Å². The van der Waals surface area contributed by atoms with Gasteiger partial charge in [-0.1, -0.05) is 17.7 Å². The van der Waals surface area contributed by atoms with E-state index in [1.807, 2.05) is 30.9 Å². The molecule has 0 radical (unpaired) electrons. The van der Waals surface area contributed by atoms with E-state index in [1.165, 1.54) is 23.5 Å². The molecule has 2 fully saturated rings. The summed E-state index contributed by atoms with van der Waals surface area (Å²) in [6.07, 6.45) is 6.51. The van der Waals surface area contributed by atoms with E-state index in [2.05, 4.69) is 32.6 Å². The molecule has 2 amide bonds. The number of fused-ring (bicyclic) bond motifs is 1. The van der Waals surface area contributed by atoms with Gasteiger partial charge < -0.3 is 15.1 Å². The summed E-state index contributed by atoms with van der Waals surface area (Å²) >= 11 is 1.38. The first-order valence-corrected chi connectivity index (χ1v) is 13.4. The Morgan fingerprint density at radius 3 is 2.49 bits per heavy atom. The number of hydrogen-bond acceptors (Lipinski definition) is 6. The average Bonchev–Trinajstić information content (AvgIpc) is 3.26. The lowest BCUT2D eigenvalue weighted by atomic mass is 9.94. The fourth-order valence-corrected chi connectivity index (χ4v) is 6.09. The Balaban J connectivity index is 1.36. The number of nitrogens with one attached hydrogen (secondary N) is 1. The van der Waals surface area contributed by atoms with Gasteiger partial charge in [0.15, 0.2) is 0 Å². The summed E-state index contributed by atoms with van der Waals surface area (Å²) in [4.78, 5) is 36.3. The third-order valence-corrected chi connectivity index (χ3v) is 8.19. The minimum Gasteiger partial charge on any atom is -0.370 e. The summed E-state index contributed by atoms with van der Waals surface area (Å²) < 4.78 is 4.53. The van der Waals surface area contributed by atoms with Crippen LogP contribution in [0.15, 0.2) is 24.4 Å². The highest BCUT2D eigenvalue weighted by Crippen LogP contribution is 2.37. The number of hydrogen-bond donors (Lipinski definition) is 1. The van der Waals surface area contributed by atoms with Gasteiger partial charge in [0.25, 0.3) is 5.91 Å². The average molecular weight is 492 g/mol. The van der Waals surface area contributed by atoms with Crippen molar-refractivity contribution >= 4 is 44.9 Å². The van der Waals surface area contributed by atoms with E-state index in [1.54, 1.807) is 6.20 Å². The molecule has 0 spiro atoms. The number of carbonyl (C=O) groups is 2. The minimum absolute atomic E-state index is 0.0489. The molecule has 8 heteroatoms. The molecular weight excluding hydrogens is 458 g/mol. The second-order valence-corrected chi connectivity index (χ2v) is 10.6. The van der Waals surface area contributed by atoms with Gasteiger partial charge in [0.1, 0.15) is 4.83 Å². The number of nitrogens with zero attached hydrogens (tertiary/aromatic N) is 4. The Hall–Kier alpha value is -3.00. The number of piperidine rings is 2. The molecule has 0 unspecified atom stereocenters. The Kier molecular flexibility index (Phi) is 6.73. The number of anilines is 2. The highest BCUT2D eigenvalue weighted by molar-refractivity contribution is 7.13. The Morgan fingerprint density at radius 2 is 1.77 bits per heavy atom. The monoisotopic (exact) mass is 491 g/mol. The van der Waals surface area contributed by atoms with Crippen LogP contribution < -0.4 is 10.2 Å². The van der Waals surface area contributed by atoms with E-state index < -0.39 is 0 Å². The predicted octanol–water partition coefficient (Wildman–Crippen LogP) is 5.10. The summed E-state index contributed by atoms with van der Waals surface area (Å²) in [6, 6.07) is 6.10. The van der Waals surface area contributed by atoms with Crippen LogP contribution in [0.3, 0.4) is 0 Å². The number of carbonyl (C=O) groups excluding carboxylic acids is 2. The lowest BCUT2D eigenvalue weighted by molar-refractivity contribution is -0.120. The molecule has 4 heterocycles. The van der Waals surface area contributed by atoms with Gasteiger partial charge in [0, 0.05) is 44.0 Å². The van der Waals surface area contributed by atoms with Crippen molar-refractivity contribution in [2.24, 2.45) is 5.92 Å². The molecule has 0 bridgehead atoms. The summed E-state index contributed by atoms with van der Waals surface area (Å²) in [5.41, 5.74) is 5.68. The van der Waals surface area contributed by atoms with Crippen molar-refractivity contribution in [3.63, 3.8) is 0 Å². The molecule has 1 N–H and O–H groups in total. The summed E-state index contributed by atoms with van der Waals surface area (Å²) in [7, 11) is 0. The van der Waals surface area contributed by atoms with Crippen molar-refractivity contribution in [3.05, 3.63) is 46.8 Å². The van der Waals surface area contributed by atoms with Crippen molar-refractivity contribution in [2.75, 3.05) is 36.4 Å². The number of benzene rings is 1. The number of rotatable bonds is 4. The van der Waals surface area contributed by atoms with Crippen LogP contribution in [0.25, 0.3) is 10.2 Å². The number of aryl methyl sites for hydroxylation is 3. The van der Waals surface area contributed by atoms with Crippen molar-refractivity contribution in [1.29, 1.82) is 0 Å². The van der Waals surface area contributed by atoms with Gasteiger partial charge >= 0.3 is 0 Å². The lowest BCUT2D eigenvalue weighted by Crippen LogP contribution is -2.40. The fourth-order valence-electron chi connectivity index (χ4n) is 5.34. The van der Waals surface area contributed by atoms with Gasteiger partial charge in [0.05, 0.1) is 22.3 Å². The van der Waals surface area contributed by atoms with Gasteiger partial charge in [-0.2, -0.15) is 4.37 Å². The van der Waals surface area contributed by atoms with E-state index >= 15 is 0 Å². The molecule has 0 aliphatic carbocycles. The van der Waals surface area contributed by atoms with Crippen LogP contribution >= 0.6 is 11.5 Å². The van der Waals surface area contributed by atoms with Crippen LogP contribution in [0, 0.1) is 26.7 Å².